The Kier molecular flexibility index (Phi) is 2.36. The molecule has 3 aromatic carbocycles. The molecule has 0 spiro atoms. The maximum atomic E-state index is 12.7. The van der Waals surface area contributed by atoms with Gasteiger partial charge < -0.3 is 4.74 Å². The summed E-state index contributed by atoms with van der Waals surface area (Å²) >= 11 is 0. The number of fused-ring (bicyclic) bond motifs is 3. The first kappa shape index (κ1) is 11.2. The summed E-state index contributed by atoms with van der Waals surface area (Å²) in [5, 5.41) is 2.03. The second kappa shape index (κ2) is 4.20. The highest BCUT2D eigenvalue weighted by Crippen LogP contribution is 2.40. The number of ketones is 1. The van der Waals surface area contributed by atoms with Crippen molar-refractivity contribution in [1.82, 2.24) is 0 Å². The summed E-state index contributed by atoms with van der Waals surface area (Å²) in [4.78, 5) is 12.7. The molecule has 0 saturated heterocycles. The van der Waals surface area contributed by atoms with Gasteiger partial charge in [-0.3, -0.25) is 4.79 Å². The maximum absolute atomic E-state index is 12.7. The fourth-order valence-corrected chi connectivity index (χ4v) is 2.76. The number of Topliss-reactive ketones (excluding diaryl/α,β-unsaturated/α-hetero) is 1. The van der Waals surface area contributed by atoms with E-state index >= 15 is 0 Å². The van der Waals surface area contributed by atoms with Gasteiger partial charge in [0.25, 0.3) is 0 Å². The van der Waals surface area contributed by atoms with Crippen molar-refractivity contribution in [2.24, 2.45) is 0 Å². The molecule has 20 heavy (non-hydrogen) atoms. The van der Waals surface area contributed by atoms with Gasteiger partial charge in [0.1, 0.15) is 5.75 Å². The van der Waals surface area contributed by atoms with Gasteiger partial charge in [0.15, 0.2) is 6.10 Å². The van der Waals surface area contributed by atoms with Gasteiger partial charge in [-0.1, -0.05) is 60.7 Å². The smallest absolute Gasteiger partial charge is 0.212 e. The van der Waals surface area contributed by atoms with Crippen molar-refractivity contribution in [3.8, 4) is 5.75 Å². The lowest BCUT2D eigenvalue weighted by Gasteiger charge is -2.08. The van der Waals surface area contributed by atoms with E-state index in [1.807, 2.05) is 66.7 Å². The first-order valence-corrected chi connectivity index (χ1v) is 6.62. The third-order valence-electron chi connectivity index (χ3n) is 3.72. The third-order valence-corrected chi connectivity index (χ3v) is 3.72. The molecule has 0 saturated carbocycles. The largest absolute Gasteiger partial charge is 0.477 e. The molecular formula is C18H12O2. The molecule has 1 heterocycles. The number of benzene rings is 3. The fraction of sp³-hybridized carbons (Fsp3) is 0.0556. The van der Waals surface area contributed by atoms with Crippen LogP contribution in [0.3, 0.4) is 0 Å². The van der Waals surface area contributed by atoms with Crippen LogP contribution < -0.4 is 4.74 Å². The fourth-order valence-electron chi connectivity index (χ4n) is 2.76. The monoisotopic (exact) mass is 260 g/mol. The maximum Gasteiger partial charge on any atom is 0.212 e. The molecule has 0 N–H and O–H groups in total. The van der Waals surface area contributed by atoms with Crippen LogP contribution in [-0.4, -0.2) is 5.78 Å². The van der Waals surface area contributed by atoms with Gasteiger partial charge >= 0.3 is 0 Å². The Labute approximate surface area is 116 Å². The SMILES string of the molecule is O=C1c2c(ccc3ccccc23)OC1c1ccccc1. The molecule has 0 bridgehead atoms. The lowest BCUT2D eigenvalue weighted by Crippen LogP contribution is -2.10. The minimum absolute atomic E-state index is 0.0444. The Hall–Kier alpha value is -2.61. The van der Waals surface area contributed by atoms with Crippen molar-refractivity contribution in [2.45, 2.75) is 6.10 Å². The highest BCUT2D eigenvalue weighted by Gasteiger charge is 2.34. The van der Waals surface area contributed by atoms with Crippen LogP contribution in [0.5, 0.6) is 5.75 Å². The molecule has 0 aromatic heterocycles. The van der Waals surface area contributed by atoms with E-state index in [9.17, 15) is 4.79 Å². The van der Waals surface area contributed by atoms with Gasteiger partial charge in [-0.2, -0.15) is 0 Å². The molecule has 2 nitrogen and oxygen atoms in total. The zero-order chi connectivity index (χ0) is 13.5. The summed E-state index contributed by atoms with van der Waals surface area (Å²) in [5.41, 5.74) is 1.61. The first-order valence-electron chi connectivity index (χ1n) is 6.62. The van der Waals surface area contributed by atoms with Crippen molar-refractivity contribution in [1.29, 1.82) is 0 Å². The van der Waals surface area contributed by atoms with Crippen molar-refractivity contribution in [2.75, 3.05) is 0 Å². The molecule has 2 heteroatoms. The highest BCUT2D eigenvalue weighted by molar-refractivity contribution is 6.14. The summed E-state index contributed by atoms with van der Waals surface area (Å²) in [6, 6.07) is 21.4. The average Bonchev–Trinajstić information content (AvgIpc) is 2.86. The molecule has 0 fully saturated rings. The lowest BCUT2D eigenvalue weighted by molar-refractivity contribution is 0.0859. The molecule has 1 unspecified atom stereocenters. The predicted octanol–water partition coefficient (Wildman–Crippen LogP) is 4.16. The van der Waals surface area contributed by atoms with Crippen LogP contribution in [0.25, 0.3) is 10.8 Å². The number of hydrogen-bond acceptors (Lipinski definition) is 2. The molecule has 0 amide bonds. The van der Waals surface area contributed by atoms with E-state index < -0.39 is 6.10 Å². The molecule has 1 atom stereocenters. The summed E-state index contributed by atoms with van der Waals surface area (Å²) in [5.74, 6) is 0.727. The van der Waals surface area contributed by atoms with E-state index in [1.54, 1.807) is 0 Å². The molecule has 1 aliphatic heterocycles. The van der Waals surface area contributed by atoms with Gasteiger partial charge in [0.05, 0.1) is 5.56 Å². The standard InChI is InChI=1S/C18H12O2/c19-17-16-14-9-5-4-6-12(14)10-11-15(16)20-18(17)13-7-2-1-3-8-13/h1-11,18H. The quantitative estimate of drug-likeness (QED) is 0.656. The minimum atomic E-state index is -0.517. The van der Waals surface area contributed by atoms with Gasteiger partial charge in [0, 0.05) is 5.56 Å². The zero-order valence-corrected chi connectivity index (χ0v) is 10.7. The lowest BCUT2D eigenvalue weighted by atomic mass is 9.97. The van der Waals surface area contributed by atoms with Crippen LogP contribution in [0.15, 0.2) is 66.7 Å². The molecular weight excluding hydrogens is 248 g/mol. The Balaban J connectivity index is 1.89. The van der Waals surface area contributed by atoms with Crippen LogP contribution in [-0.2, 0) is 0 Å². The summed E-state index contributed by atoms with van der Waals surface area (Å²) in [6.07, 6.45) is -0.517. The van der Waals surface area contributed by atoms with Crippen LogP contribution >= 0.6 is 0 Å². The second-order valence-corrected chi connectivity index (χ2v) is 4.93. The highest BCUT2D eigenvalue weighted by atomic mass is 16.5. The Bertz CT molecular complexity index is 806. The summed E-state index contributed by atoms with van der Waals surface area (Å²) < 4.78 is 5.86. The van der Waals surface area contributed by atoms with E-state index in [-0.39, 0.29) is 5.78 Å². The van der Waals surface area contributed by atoms with Crippen LogP contribution in [0, 0.1) is 0 Å². The van der Waals surface area contributed by atoms with Gasteiger partial charge in [-0.05, 0) is 16.8 Å². The second-order valence-electron chi connectivity index (χ2n) is 4.93. The molecule has 0 radical (unpaired) electrons. The van der Waals surface area contributed by atoms with Crippen molar-refractivity contribution < 1.29 is 9.53 Å². The van der Waals surface area contributed by atoms with E-state index in [1.165, 1.54) is 0 Å². The predicted molar refractivity (Wildman–Crippen MR) is 78.1 cm³/mol. The summed E-state index contributed by atoms with van der Waals surface area (Å²) in [7, 11) is 0. The molecule has 1 aliphatic rings. The first-order chi connectivity index (χ1) is 9.84. The Morgan fingerprint density at radius 3 is 2.40 bits per heavy atom. The van der Waals surface area contributed by atoms with Gasteiger partial charge in [-0.25, -0.2) is 0 Å². The van der Waals surface area contributed by atoms with Crippen LogP contribution in [0.4, 0.5) is 0 Å². The van der Waals surface area contributed by atoms with Crippen LogP contribution in [0.2, 0.25) is 0 Å². The Morgan fingerprint density at radius 2 is 1.55 bits per heavy atom. The molecule has 3 aromatic rings. The van der Waals surface area contributed by atoms with Crippen molar-refractivity contribution in [3.05, 3.63) is 77.9 Å². The Morgan fingerprint density at radius 1 is 0.800 bits per heavy atom. The van der Waals surface area contributed by atoms with Crippen LogP contribution in [0.1, 0.15) is 22.0 Å². The van der Waals surface area contributed by atoms with E-state index in [0.717, 1.165) is 16.3 Å². The van der Waals surface area contributed by atoms with Crippen molar-refractivity contribution >= 4 is 16.6 Å². The normalized spacial score (nSPS) is 17.0. The van der Waals surface area contributed by atoms with Crippen molar-refractivity contribution in [3.63, 3.8) is 0 Å². The number of ether oxygens (including phenoxy) is 1. The number of hydrogen-bond donors (Lipinski definition) is 0. The molecule has 4 rings (SSSR count). The third kappa shape index (κ3) is 1.55. The van der Waals surface area contributed by atoms with E-state index in [0.29, 0.717) is 11.3 Å². The molecule has 0 aliphatic carbocycles. The van der Waals surface area contributed by atoms with Gasteiger partial charge in [-0.15, -0.1) is 0 Å². The van der Waals surface area contributed by atoms with Gasteiger partial charge in [0.2, 0.25) is 5.78 Å². The number of carbonyl (C=O) groups is 1. The number of carbonyl (C=O) groups excluding carboxylic acids is 1. The average molecular weight is 260 g/mol. The zero-order valence-electron chi connectivity index (χ0n) is 10.7. The number of rotatable bonds is 1. The van der Waals surface area contributed by atoms with E-state index in [4.69, 9.17) is 4.74 Å². The van der Waals surface area contributed by atoms with E-state index in [2.05, 4.69) is 0 Å². The summed E-state index contributed by atoms with van der Waals surface area (Å²) in [6.45, 7) is 0. The minimum Gasteiger partial charge on any atom is -0.477 e. The topological polar surface area (TPSA) is 26.3 Å². The molecule has 96 valence electrons.